The highest BCUT2D eigenvalue weighted by molar-refractivity contribution is 5.63. The quantitative estimate of drug-likeness (QED) is 0.802. The zero-order valence-corrected chi connectivity index (χ0v) is 11.9. The minimum atomic E-state index is -0.433. The number of benzene rings is 2. The third-order valence-corrected chi connectivity index (χ3v) is 3.23. The Labute approximate surface area is 123 Å². The molecule has 3 N–H and O–H groups in total. The number of rotatable bonds is 6. The van der Waals surface area contributed by atoms with Gasteiger partial charge in [-0.3, -0.25) is 0 Å². The Kier molecular flexibility index (Phi) is 5.00. The van der Waals surface area contributed by atoms with E-state index in [1.54, 1.807) is 11.0 Å². The van der Waals surface area contributed by atoms with Crippen molar-refractivity contribution < 1.29 is 14.2 Å². The van der Waals surface area contributed by atoms with Gasteiger partial charge in [0.1, 0.15) is 11.6 Å². The topological polar surface area (TPSA) is 58.7 Å². The monoisotopic (exact) mass is 290 g/mol. The number of methoxy groups -OCH3 is 1. The summed E-state index contributed by atoms with van der Waals surface area (Å²) >= 11 is 0. The maximum atomic E-state index is 14.2. The molecule has 2 aromatic rings. The standard InChI is InChI=1S/C16H19FN2O2/c1-21-16-10-15(13(17)9-14(16)18)19(7-8-20)11-12-5-3-2-4-6-12/h2-6,9-10,20H,7-8,11,18H2,1H3. The first-order chi connectivity index (χ1) is 10.2. The van der Waals surface area contributed by atoms with Crippen LogP contribution in [0.25, 0.3) is 0 Å². The van der Waals surface area contributed by atoms with Crippen molar-refractivity contribution in [3.8, 4) is 5.75 Å². The van der Waals surface area contributed by atoms with Gasteiger partial charge in [0, 0.05) is 25.2 Å². The van der Waals surface area contributed by atoms with Crippen LogP contribution in [0.3, 0.4) is 0 Å². The highest BCUT2D eigenvalue weighted by atomic mass is 19.1. The van der Waals surface area contributed by atoms with Crippen molar-refractivity contribution in [3.05, 3.63) is 53.8 Å². The van der Waals surface area contributed by atoms with Gasteiger partial charge >= 0.3 is 0 Å². The molecule has 0 unspecified atom stereocenters. The second kappa shape index (κ2) is 6.95. The number of aliphatic hydroxyl groups excluding tert-OH is 1. The van der Waals surface area contributed by atoms with Gasteiger partial charge in [-0.1, -0.05) is 30.3 Å². The molecule has 0 heterocycles. The summed E-state index contributed by atoms with van der Waals surface area (Å²) in [7, 11) is 1.49. The summed E-state index contributed by atoms with van der Waals surface area (Å²) < 4.78 is 19.3. The first kappa shape index (κ1) is 15.1. The Hall–Kier alpha value is -2.27. The first-order valence-electron chi connectivity index (χ1n) is 6.68. The van der Waals surface area contributed by atoms with Gasteiger partial charge in [0.25, 0.3) is 0 Å². The molecule has 5 heteroatoms. The van der Waals surface area contributed by atoms with E-state index in [2.05, 4.69) is 0 Å². The summed E-state index contributed by atoms with van der Waals surface area (Å²) in [6, 6.07) is 12.5. The van der Waals surface area contributed by atoms with Crippen molar-refractivity contribution in [1.82, 2.24) is 0 Å². The largest absolute Gasteiger partial charge is 0.495 e. The normalized spacial score (nSPS) is 10.4. The summed E-state index contributed by atoms with van der Waals surface area (Å²) in [5.41, 5.74) is 7.34. The molecule has 0 fully saturated rings. The van der Waals surface area contributed by atoms with Crippen molar-refractivity contribution >= 4 is 11.4 Å². The van der Waals surface area contributed by atoms with Crippen LogP contribution in [0.5, 0.6) is 5.75 Å². The molecule has 0 amide bonds. The van der Waals surface area contributed by atoms with Crippen LogP contribution in [0, 0.1) is 5.82 Å². The van der Waals surface area contributed by atoms with Crippen LogP contribution in [0.15, 0.2) is 42.5 Å². The van der Waals surface area contributed by atoms with E-state index in [0.29, 0.717) is 24.5 Å². The van der Waals surface area contributed by atoms with E-state index in [9.17, 15) is 9.50 Å². The van der Waals surface area contributed by atoms with E-state index in [1.165, 1.54) is 13.2 Å². The Balaban J connectivity index is 2.33. The molecule has 0 radical (unpaired) electrons. The van der Waals surface area contributed by atoms with Crippen LogP contribution in [0.4, 0.5) is 15.8 Å². The minimum Gasteiger partial charge on any atom is -0.495 e. The average molecular weight is 290 g/mol. The molecular formula is C16H19FN2O2. The zero-order valence-electron chi connectivity index (χ0n) is 11.9. The van der Waals surface area contributed by atoms with Gasteiger partial charge < -0.3 is 20.5 Å². The Morgan fingerprint density at radius 2 is 1.95 bits per heavy atom. The van der Waals surface area contributed by atoms with E-state index < -0.39 is 5.82 Å². The van der Waals surface area contributed by atoms with Crippen molar-refractivity contribution in [1.29, 1.82) is 0 Å². The summed E-state index contributed by atoms with van der Waals surface area (Å²) in [6.45, 7) is 0.739. The van der Waals surface area contributed by atoms with E-state index in [4.69, 9.17) is 10.5 Å². The lowest BCUT2D eigenvalue weighted by atomic mass is 10.1. The van der Waals surface area contributed by atoms with Gasteiger partial charge in [-0.25, -0.2) is 4.39 Å². The molecule has 0 aliphatic carbocycles. The molecule has 21 heavy (non-hydrogen) atoms. The van der Waals surface area contributed by atoms with E-state index >= 15 is 0 Å². The van der Waals surface area contributed by atoms with Gasteiger partial charge in [0.15, 0.2) is 0 Å². The molecule has 0 saturated heterocycles. The van der Waals surface area contributed by atoms with Crippen LogP contribution >= 0.6 is 0 Å². The molecule has 0 aliphatic rings. The summed E-state index contributed by atoms with van der Waals surface area (Å²) in [5, 5.41) is 9.23. The Morgan fingerprint density at radius 3 is 2.57 bits per heavy atom. The number of halogens is 1. The van der Waals surface area contributed by atoms with Crippen LogP contribution < -0.4 is 15.4 Å². The van der Waals surface area contributed by atoms with Gasteiger partial charge in [-0.15, -0.1) is 0 Å². The molecule has 0 saturated carbocycles. The van der Waals surface area contributed by atoms with Crippen molar-refractivity contribution in [2.24, 2.45) is 0 Å². The van der Waals surface area contributed by atoms with E-state index in [-0.39, 0.29) is 12.3 Å². The van der Waals surface area contributed by atoms with Crippen molar-refractivity contribution in [3.63, 3.8) is 0 Å². The number of nitrogens with zero attached hydrogens (tertiary/aromatic N) is 1. The highest BCUT2D eigenvalue weighted by Crippen LogP contribution is 2.31. The summed E-state index contributed by atoms with van der Waals surface area (Å²) in [6.07, 6.45) is 0. The third-order valence-electron chi connectivity index (χ3n) is 3.23. The number of ether oxygens (including phenoxy) is 1. The number of hydrogen-bond donors (Lipinski definition) is 2. The van der Waals surface area contributed by atoms with Crippen LogP contribution in [-0.4, -0.2) is 25.4 Å². The number of hydrogen-bond acceptors (Lipinski definition) is 4. The van der Waals surface area contributed by atoms with Gasteiger partial charge in [0.2, 0.25) is 0 Å². The van der Waals surface area contributed by atoms with Crippen LogP contribution in [-0.2, 0) is 6.54 Å². The fourth-order valence-corrected chi connectivity index (χ4v) is 2.19. The maximum Gasteiger partial charge on any atom is 0.148 e. The fourth-order valence-electron chi connectivity index (χ4n) is 2.19. The first-order valence-corrected chi connectivity index (χ1v) is 6.68. The van der Waals surface area contributed by atoms with Gasteiger partial charge in [0.05, 0.1) is 25.1 Å². The lowest BCUT2D eigenvalue weighted by Crippen LogP contribution is -2.27. The molecule has 0 spiro atoms. The molecule has 2 rings (SSSR count). The van der Waals surface area contributed by atoms with Crippen molar-refractivity contribution in [2.75, 3.05) is 30.9 Å². The summed E-state index contributed by atoms with van der Waals surface area (Å²) in [5.74, 6) is -0.0138. The fraction of sp³-hybridized carbons (Fsp3) is 0.250. The van der Waals surface area contributed by atoms with E-state index in [0.717, 1.165) is 5.56 Å². The van der Waals surface area contributed by atoms with Crippen LogP contribution in [0.1, 0.15) is 5.56 Å². The molecule has 112 valence electrons. The smallest absolute Gasteiger partial charge is 0.148 e. The second-order valence-electron chi connectivity index (χ2n) is 4.68. The van der Waals surface area contributed by atoms with Gasteiger partial charge in [-0.05, 0) is 5.56 Å². The predicted molar refractivity (Wildman–Crippen MR) is 81.9 cm³/mol. The van der Waals surface area contributed by atoms with Crippen LogP contribution in [0.2, 0.25) is 0 Å². The molecular weight excluding hydrogens is 271 g/mol. The van der Waals surface area contributed by atoms with Crippen molar-refractivity contribution in [2.45, 2.75) is 6.54 Å². The molecule has 0 aliphatic heterocycles. The molecule has 4 nitrogen and oxygen atoms in total. The molecule has 0 bridgehead atoms. The number of aliphatic hydroxyl groups is 1. The number of nitrogen functional groups attached to an aromatic ring is 1. The lowest BCUT2D eigenvalue weighted by molar-refractivity contribution is 0.301. The lowest BCUT2D eigenvalue weighted by Gasteiger charge is -2.25. The second-order valence-corrected chi connectivity index (χ2v) is 4.68. The predicted octanol–water partition coefficient (Wildman–Crippen LogP) is 2.42. The maximum absolute atomic E-state index is 14.2. The van der Waals surface area contributed by atoms with E-state index in [1.807, 2.05) is 30.3 Å². The highest BCUT2D eigenvalue weighted by Gasteiger charge is 2.15. The molecule has 0 atom stereocenters. The molecule has 0 aromatic heterocycles. The Morgan fingerprint density at radius 1 is 1.24 bits per heavy atom. The average Bonchev–Trinajstić information content (AvgIpc) is 2.48. The zero-order chi connectivity index (χ0) is 15.2. The van der Waals surface area contributed by atoms with Gasteiger partial charge in [-0.2, -0.15) is 0 Å². The third kappa shape index (κ3) is 3.64. The summed E-state index contributed by atoms with van der Waals surface area (Å²) in [4.78, 5) is 1.76. The molecule has 2 aromatic carbocycles. The number of nitrogens with two attached hydrogens (primary N) is 1. The Bertz CT molecular complexity index is 590. The minimum absolute atomic E-state index is 0.0705. The number of anilines is 2. The SMILES string of the molecule is COc1cc(N(CCO)Cc2ccccc2)c(F)cc1N.